The van der Waals surface area contributed by atoms with E-state index < -0.39 is 0 Å². The molecule has 0 bridgehead atoms. The van der Waals surface area contributed by atoms with Gasteiger partial charge in [-0.05, 0) is 86.6 Å². The van der Waals surface area contributed by atoms with Crippen LogP contribution in [-0.2, 0) is 0 Å². The summed E-state index contributed by atoms with van der Waals surface area (Å²) in [4.78, 5) is 7.61. The van der Waals surface area contributed by atoms with Gasteiger partial charge in [-0.25, -0.2) is 0 Å². The van der Waals surface area contributed by atoms with Crippen molar-refractivity contribution in [2.75, 3.05) is 0 Å². The zero-order chi connectivity index (χ0) is 20.1. The van der Waals surface area contributed by atoms with Crippen LogP contribution < -0.4 is 0 Å². The van der Waals surface area contributed by atoms with Crippen LogP contribution in [0.25, 0.3) is 0 Å². The van der Waals surface area contributed by atoms with Crippen LogP contribution in [-0.4, -0.2) is 0 Å². The molecular weight excluding hydrogens is 408 g/mol. The van der Waals surface area contributed by atoms with Gasteiger partial charge >= 0.3 is 0 Å². The Hall–Kier alpha value is -2.07. The SMILES string of the molecule is Cc1ccc(Sc2ccc(Sc3ccc(Sc4ccc(C)cc4)cc3)cc2)cc1. The molecule has 0 fully saturated rings. The Balaban J connectivity index is 1.36. The van der Waals surface area contributed by atoms with Gasteiger partial charge in [0, 0.05) is 29.4 Å². The first-order valence-corrected chi connectivity index (χ1v) is 12.0. The predicted octanol–water partition coefficient (Wildman–Crippen LogP) is 8.76. The highest BCUT2D eigenvalue weighted by Crippen LogP contribution is 2.34. The fourth-order valence-electron chi connectivity index (χ4n) is 2.77. The average Bonchev–Trinajstić information content (AvgIpc) is 2.74. The van der Waals surface area contributed by atoms with Crippen molar-refractivity contribution in [1.29, 1.82) is 0 Å². The molecule has 0 aliphatic heterocycles. The molecule has 144 valence electrons. The van der Waals surface area contributed by atoms with Gasteiger partial charge in [-0.1, -0.05) is 70.7 Å². The summed E-state index contributed by atoms with van der Waals surface area (Å²) in [5, 5.41) is 0. The summed E-state index contributed by atoms with van der Waals surface area (Å²) < 4.78 is 0. The van der Waals surface area contributed by atoms with E-state index in [-0.39, 0.29) is 0 Å². The maximum atomic E-state index is 2.20. The summed E-state index contributed by atoms with van der Waals surface area (Å²) in [7, 11) is 0. The smallest absolute Gasteiger partial charge is 0.0123 e. The number of benzene rings is 4. The molecule has 4 aromatic carbocycles. The lowest BCUT2D eigenvalue weighted by Crippen LogP contribution is -1.78. The molecule has 0 aliphatic rings. The summed E-state index contributed by atoms with van der Waals surface area (Å²) in [5.74, 6) is 0. The van der Waals surface area contributed by atoms with Crippen LogP contribution in [0.3, 0.4) is 0 Å². The van der Waals surface area contributed by atoms with Crippen LogP contribution in [0.2, 0.25) is 0 Å². The monoisotopic (exact) mass is 430 g/mol. The number of aryl methyl sites for hydroxylation is 2. The largest absolute Gasteiger partial charge is 0.0901 e. The minimum atomic E-state index is 1.26. The summed E-state index contributed by atoms with van der Waals surface area (Å²) >= 11 is 5.41. The van der Waals surface area contributed by atoms with E-state index in [1.54, 1.807) is 35.3 Å². The highest BCUT2D eigenvalue weighted by Gasteiger charge is 2.02. The third kappa shape index (κ3) is 5.96. The zero-order valence-corrected chi connectivity index (χ0v) is 18.9. The zero-order valence-electron chi connectivity index (χ0n) is 16.5. The molecule has 0 spiro atoms. The molecule has 3 heteroatoms. The van der Waals surface area contributed by atoms with Crippen LogP contribution in [0.5, 0.6) is 0 Å². The Morgan fingerprint density at radius 2 is 0.483 bits per heavy atom. The molecule has 0 saturated carbocycles. The molecule has 0 atom stereocenters. The summed E-state index contributed by atoms with van der Waals surface area (Å²) in [6.45, 7) is 4.24. The van der Waals surface area contributed by atoms with E-state index in [9.17, 15) is 0 Å². The Labute approximate surface area is 186 Å². The third-order valence-electron chi connectivity index (χ3n) is 4.40. The van der Waals surface area contributed by atoms with Crippen LogP contribution in [0.1, 0.15) is 11.1 Å². The lowest BCUT2D eigenvalue weighted by atomic mass is 10.2. The molecule has 0 unspecified atom stereocenters. The van der Waals surface area contributed by atoms with E-state index in [0.29, 0.717) is 0 Å². The van der Waals surface area contributed by atoms with Crippen LogP contribution in [0.15, 0.2) is 126 Å². The lowest BCUT2D eigenvalue weighted by Gasteiger charge is -2.06. The van der Waals surface area contributed by atoms with E-state index in [2.05, 4.69) is 111 Å². The summed E-state index contributed by atoms with van der Waals surface area (Å²) in [6, 6.07) is 35.0. The van der Waals surface area contributed by atoms with Crippen molar-refractivity contribution in [2.24, 2.45) is 0 Å². The first-order valence-electron chi connectivity index (χ1n) is 9.51. The van der Waals surface area contributed by atoms with Gasteiger partial charge in [0.05, 0.1) is 0 Å². The Bertz CT molecular complexity index is 960. The number of hydrogen-bond donors (Lipinski definition) is 0. The summed E-state index contributed by atoms with van der Waals surface area (Å²) in [6.07, 6.45) is 0. The molecule has 0 amide bonds. The molecule has 0 N–H and O–H groups in total. The molecule has 0 heterocycles. The maximum Gasteiger partial charge on any atom is 0.0123 e. The van der Waals surface area contributed by atoms with E-state index in [1.807, 2.05) is 0 Å². The molecule has 0 aliphatic carbocycles. The molecule has 29 heavy (non-hydrogen) atoms. The normalized spacial score (nSPS) is 10.8. The van der Waals surface area contributed by atoms with Crippen molar-refractivity contribution in [2.45, 2.75) is 43.2 Å². The van der Waals surface area contributed by atoms with Crippen LogP contribution in [0.4, 0.5) is 0 Å². The summed E-state index contributed by atoms with van der Waals surface area (Å²) in [5.41, 5.74) is 2.59. The number of rotatable bonds is 6. The molecule has 0 saturated heterocycles. The van der Waals surface area contributed by atoms with Gasteiger partial charge in [-0.15, -0.1) is 0 Å². The maximum absolute atomic E-state index is 2.20. The Kier molecular flexibility index (Phi) is 6.70. The van der Waals surface area contributed by atoms with Gasteiger partial charge in [0.25, 0.3) is 0 Å². The molecule has 4 aromatic rings. The average molecular weight is 431 g/mol. The highest BCUT2D eigenvalue weighted by molar-refractivity contribution is 8.00. The molecule has 0 nitrogen and oxygen atoms in total. The minimum absolute atomic E-state index is 1.26. The van der Waals surface area contributed by atoms with Crippen LogP contribution >= 0.6 is 35.3 Å². The molecule has 0 radical (unpaired) electrons. The van der Waals surface area contributed by atoms with Gasteiger partial charge < -0.3 is 0 Å². The van der Waals surface area contributed by atoms with E-state index in [1.165, 1.54) is 40.5 Å². The van der Waals surface area contributed by atoms with Crippen molar-refractivity contribution in [3.63, 3.8) is 0 Å². The minimum Gasteiger partial charge on any atom is -0.0901 e. The third-order valence-corrected chi connectivity index (χ3v) is 7.44. The van der Waals surface area contributed by atoms with Crippen molar-refractivity contribution in [3.8, 4) is 0 Å². The van der Waals surface area contributed by atoms with Crippen molar-refractivity contribution >= 4 is 35.3 Å². The lowest BCUT2D eigenvalue weighted by molar-refractivity contribution is 1.30. The van der Waals surface area contributed by atoms with E-state index in [4.69, 9.17) is 0 Å². The standard InChI is InChI=1S/C26H22S3/c1-19-3-7-21(8-4-19)27-23-11-15-25(16-12-23)29-26-17-13-24(14-18-26)28-22-9-5-20(2)6-10-22/h3-18H,1-2H3. The van der Waals surface area contributed by atoms with Gasteiger partial charge in [0.1, 0.15) is 0 Å². The highest BCUT2D eigenvalue weighted by atomic mass is 32.2. The van der Waals surface area contributed by atoms with Gasteiger partial charge in [0.2, 0.25) is 0 Å². The second kappa shape index (κ2) is 9.62. The Morgan fingerprint density at radius 3 is 0.690 bits per heavy atom. The Morgan fingerprint density at radius 1 is 0.310 bits per heavy atom. The number of hydrogen-bond acceptors (Lipinski definition) is 3. The van der Waals surface area contributed by atoms with Crippen molar-refractivity contribution < 1.29 is 0 Å². The molecule has 0 aromatic heterocycles. The van der Waals surface area contributed by atoms with E-state index >= 15 is 0 Å². The first-order chi connectivity index (χ1) is 14.1. The predicted molar refractivity (Wildman–Crippen MR) is 128 cm³/mol. The fraction of sp³-hybridized carbons (Fsp3) is 0.0769. The first kappa shape index (κ1) is 20.2. The van der Waals surface area contributed by atoms with Crippen molar-refractivity contribution in [3.05, 3.63) is 108 Å². The van der Waals surface area contributed by atoms with Crippen LogP contribution in [0, 0.1) is 13.8 Å². The second-order valence-corrected chi connectivity index (χ2v) is 10.3. The molecular formula is C26H22S3. The quantitative estimate of drug-likeness (QED) is 0.300. The topological polar surface area (TPSA) is 0 Å². The van der Waals surface area contributed by atoms with Gasteiger partial charge in [0.15, 0.2) is 0 Å². The second-order valence-electron chi connectivity index (χ2n) is 6.88. The van der Waals surface area contributed by atoms with E-state index in [0.717, 1.165) is 0 Å². The van der Waals surface area contributed by atoms with Crippen molar-refractivity contribution in [1.82, 2.24) is 0 Å². The fourth-order valence-corrected chi connectivity index (χ4v) is 5.22. The molecule has 4 rings (SSSR count). The van der Waals surface area contributed by atoms with Gasteiger partial charge in [-0.3, -0.25) is 0 Å². The van der Waals surface area contributed by atoms with Gasteiger partial charge in [-0.2, -0.15) is 0 Å².